The second kappa shape index (κ2) is 5.85. The van der Waals surface area contributed by atoms with Gasteiger partial charge in [0, 0.05) is 22.9 Å². The van der Waals surface area contributed by atoms with Gasteiger partial charge in [-0.05, 0) is 25.0 Å². The van der Waals surface area contributed by atoms with Gasteiger partial charge in [-0.2, -0.15) is 5.10 Å². The first-order valence-corrected chi connectivity index (χ1v) is 10.4. The van der Waals surface area contributed by atoms with Crippen molar-refractivity contribution in [2.24, 2.45) is 0 Å². The topological polar surface area (TPSA) is 81.1 Å². The van der Waals surface area contributed by atoms with Gasteiger partial charge in [0.05, 0.1) is 23.2 Å². The van der Waals surface area contributed by atoms with Crippen LogP contribution in [-0.2, 0) is 14.6 Å². The molecule has 25 heavy (non-hydrogen) atoms. The maximum Gasteiger partial charge on any atom is 0.226 e. The van der Waals surface area contributed by atoms with Crippen LogP contribution in [0.15, 0.2) is 24.3 Å². The molecule has 2 aromatic rings. The van der Waals surface area contributed by atoms with E-state index in [4.69, 9.17) is 11.6 Å². The summed E-state index contributed by atoms with van der Waals surface area (Å²) in [5, 5.41) is 8.09. The quantitative estimate of drug-likeness (QED) is 0.869. The van der Waals surface area contributed by atoms with Crippen molar-refractivity contribution in [1.82, 2.24) is 9.78 Å². The summed E-state index contributed by atoms with van der Waals surface area (Å²) in [7, 11) is -3.04. The minimum absolute atomic E-state index is 0.0627. The van der Waals surface area contributed by atoms with Gasteiger partial charge in [-0.3, -0.25) is 4.79 Å². The third kappa shape index (κ3) is 2.85. The highest BCUT2D eigenvalue weighted by molar-refractivity contribution is 7.91. The number of nitrogens with zero attached hydrogens (tertiary/aromatic N) is 2. The third-order valence-electron chi connectivity index (χ3n) is 4.96. The van der Waals surface area contributed by atoms with Gasteiger partial charge in [0.1, 0.15) is 5.82 Å². The monoisotopic (exact) mass is 379 g/mol. The fourth-order valence-electron chi connectivity index (χ4n) is 3.83. The molecule has 0 unspecified atom stereocenters. The Labute approximate surface area is 151 Å². The van der Waals surface area contributed by atoms with Crippen LogP contribution < -0.4 is 5.32 Å². The maximum absolute atomic E-state index is 12.3. The molecule has 2 atom stereocenters. The number of benzene rings is 1. The molecule has 1 saturated heterocycles. The second-order valence-electron chi connectivity index (χ2n) is 6.68. The van der Waals surface area contributed by atoms with Crippen molar-refractivity contribution in [1.29, 1.82) is 0 Å². The zero-order valence-corrected chi connectivity index (χ0v) is 15.3. The SMILES string of the molecule is Cc1nn([C@H]2CCS(=O)(=O)C2)c2c1[C@H](c1ccccc1Cl)CC(=O)N2. The van der Waals surface area contributed by atoms with E-state index < -0.39 is 9.84 Å². The zero-order chi connectivity index (χ0) is 17.8. The van der Waals surface area contributed by atoms with Gasteiger partial charge in [0.15, 0.2) is 9.84 Å². The highest BCUT2D eigenvalue weighted by atomic mass is 35.5. The van der Waals surface area contributed by atoms with Gasteiger partial charge in [0.25, 0.3) is 0 Å². The maximum atomic E-state index is 12.3. The summed E-state index contributed by atoms with van der Waals surface area (Å²) in [6.07, 6.45) is 0.814. The molecule has 132 valence electrons. The molecule has 8 heteroatoms. The highest BCUT2D eigenvalue weighted by Gasteiger charge is 2.37. The molecular formula is C17H18ClN3O3S. The molecule has 2 aliphatic heterocycles. The number of anilines is 1. The Kier molecular flexibility index (Phi) is 3.88. The minimum Gasteiger partial charge on any atom is -0.311 e. The number of carbonyl (C=O) groups is 1. The van der Waals surface area contributed by atoms with Crippen LogP contribution in [0.25, 0.3) is 0 Å². The van der Waals surface area contributed by atoms with Crippen molar-refractivity contribution in [3.63, 3.8) is 0 Å². The van der Waals surface area contributed by atoms with Crippen molar-refractivity contribution in [2.45, 2.75) is 31.7 Å². The van der Waals surface area contributed by atoms with E-state index in [0.29, 0.717) is 23.7 Å². The van der Waals surface area contributed by atoms with Gasteiger partial charge < -0.3 is 5.32 Å². The van der Waals surface area contributed by atoms with E-state index in [0.717, 1.165) is 16.8 Å². The highest BCUT2D eigenvalue weighted by Crippen LogP contribution is 2.43. The molecule has 0 radical (unpaired) electrons. The number of sulfone groups is 1. The molecule has 3 heterocycles. The molecule has 0 aliphatic carbocycles. The smallest absolute Gasteiger partial charge is 0.226 e. The molecule has 2 aliphatic rings. The van der Waals surface area contributed by atoms with E-state index in [1.807, 2.05) is 31.2 Å². The molecule has 1 aromatic carbocycles. The first kappa shape index (κ1) is 16.6. The number of halogens is 1. The molecule has 1 fully saturated rings. The van der Waals surface area contributed by atoms with Crippen LogP contribution >= 0.6 is 11.6 Å². The van der Waals surface area contributed by atoms with Crippen LogP contribution in [0.2, 0.25) is 5.02 Å². The number of aryl methyl sites for hydroxylation is 1. The lowest BCUT2D eigenvalue weighted by molar-refractivity contribution is -0.116. The number of rotatable bonds is 2. The first-order chi connectivity index (χ1) is 11.9. The average molecular weight is 380 g/mol. The lowest BCUT2D eigenvalue weighted by Crippen LogP contribution is -2.26. The van der Waals surface area contributed by atoms with Crippen LogP contribution in [0.1, 0.15) is 41.6 Å². The summed E-state index contributed by atoms with van der Waals surface area (Å²) < 4.78 is 25.4. The number of hydrogen-bond donors (Lipinski definition) is 1. The van der Waals surface area contributed by atoms with Crippen molar-refractivity contribution < 1.29 is 13.2 Å². The van der Waals surface area contributed by atoms with E-state index in [-0.39, 0.29) is 29.4 Å². The van der Waals surface area contributed by atoms with Crippen LogP contribution in [0.3, 0.4) is 0 Å². The molecule has 0 spiro atoms. The summed E-state index contributed by atoms with van der Waals surface area (Å²) >= 11 is 6.36. The molecule has 6 nitrogen and oxygen atoms in total. The second-order valence-corrected chi connectivity index (χ2v) is 9.31. The Morgan fingerprint density at radius 2 is 2.08 bits per heavy atom. The standard InChI is InChI=1S/C17H18ClN3O3S/c1-10-16-13(12-4-2-3-5-14(12)18)8-15(22)19-17(16)21(20-10)11-6-7-25(23,24)9-11/h2-5,11,13H,6-9H2,1H3,(H,19,22)/t11-,13-/m0/s1. The van der Waals surface area contributed by atoms with Crippen molar-refractivity contribution >= 4 is 33.2 Å². The number of amides is 1. The van der Waals surface area contributed by atoms with Crippen LogP contribution in [-0.4, -0.2) is 35.6 Å². The van der Waals surface area contributed by atoms with Gasteiger partial charge in [-0.25, -0.2) is 13.1 Å². The normalized spacial score (nSPS) is 24.8. The summed E-state index contributed by atoms with van der Waals surface area (Å²) in [4.78, 5) is 12.3. The fourth-order valence-corrected chi connectivity index (χ4v) is 5.79. The van der Waals surface area contributed by atoms with Crippen molar-refractivity contribution in [3.8, 4) is 0 Å². The number of hydrogen-bond acceptors (Lipinski definition) is 4. The van der Waals surface area contributed by atoms with E-state index in [1.165, 1.54) is 0 Å². The molecule has 1 N–H and O–H groups in total. The molecular weight excluding hydrogens is 362 g/mol. The van der Waals surface area contributed by atoms with Crippen LogP contribution in [0.4, 0.5) is 5.82 Å². The minimum atomic E-state index is -3.04. The Balaban J connectivity index is 1.83. The summed E-state index contributed by atoms with van der Waals surface area (Å²) in [6, 6.07) is 7.25. The molecule has 4 rings (SSSR count). The lowest BCUT2D eigenvalue weighted by atomic mass is 9.86. The van der Waals surface area contributed by atoms with Crippen molar-refractivity contribution in [3.05, 3.63) is 46.1 Å². The van der Waals surface area contributed by atoms with Gasteiger partial charge >= 0.3 is 0 Å². The van der Waals surface area contributed by atoms with Crippen LogP contribution in [0.5, 0.6) is 0 Å². The van der Waals surface area contributed by atoms with Crippen molar-refractivity contribution in [2.75, 3.05) is 16.8 Å². The van der Waals surface area contributed by atoms with E-state index in [9.17, 15) is 13.2 Å². The molecule has 1 aromatic heterocycles. The van der Waals surface area contributed by atoms with E-state index >= 15 is 0 Å². The Morgan fingerprint density at radius 3 is 2.76 bits per heavy atom. The molecule has 1 amide bonds. The summed E-state index contributed by atoms with van der Waals surface area (Å²) in [6.45, 7) is 1.89. The number of carbonyl (C=O) groups excluding carboxylic acids is 1. The number of fused-ring (bicyclic) bond motifs is 1. The predicted octanol–water partition coefficient (Wildman–Crippen LogP) is 2.68. The van der Waals surface area contributed by atoms with Gasteiger partial charge in [0.2, 0.25) is 5.91 Å². The van der Waals surface area contributed by atoms with E-state index in [2.05, 4.69) is 10.4 Å². The number of nitrogens with one attached hydrogen (secondary N) is 1. The van der Waals surface area contributed by atoms with Gasteiger partial charge in [-0.15, -0.1) is 0 Å². The predicted molar refractivity (Wildman–Crippen MR) is 95.8 cm³/mol. The molecule has 0 saturated carbocycles. The third-order valence-corrected chi connectivity index (χ3v) is 7.06. The Hall–Kier alpha value is -1.86. The Morgan fingerprint density at radius 1 is 1.32 bits per heavy atom. The first-order valence-electron chi connectivity index (χ1n) is 8.19. The molecule has 0 bridgehead atoms. The summed E-state index contributed by atoms with van der Waals surface area (Å²) in [5.74, 6) is 0.546. The Bertz CT molecular complexity index is 968. The largest absolute Gasteiger partial charge is 0.311 e. The fraction of sp³-hybridized carbons (Fsp3) is 0.412. The average Bonchev–Trinajstić information content (AvgIpc) is 3.07. The van der Waals surface area contributed by atoms with E-state index in [1.54, 1.807) is 4.68 Å². The summed E-state index contributed by atoms with van der Waals surface area (Å²) in [5.41, 5.74) is 2.61. The van der Waals surface area contributed by atoms with Gasteiger partial charge in [-0.1, -0.05) is 29.8 Å². The number of aromatic nitrogens is 2. The zero-order valence-electron chi connectivity index (χ0n) is 13.7. The van der Waals surface area contributed by atoms with Crippen LogP contribution in [0, 0.1) is 6.92 Å². The lowest BCUT2D eigenvalue weighted by Gasteiger charge is -2.26.